The number of carbonyl (C=O) groups is 2. The van der Waals surface area contributed by atoms with E-state index in [9.17, 15) is 19.7 Å². The Morgan fingerprint density at radius 2 is 2.21 bits per heavy atom. The molecule has 9 nitrogen and oxygen atoms in total. The van der Waals surface area contributed by atoms with Gasteiger partial charge in [-0.05, 0) is 17.8 Å². The molecule has 0 atom stereocenters. The molecule has 0 saturated heterocycles. The van der Waals surface area contributed by atoms with Gasteiger partial charge in [0.1, 0.15) is 6.54 Å². The zero-order chi connectivity index (χ0) is 14.3. The van der Waals surface area contributed by atoms with Crippen LogP contribution in [0.1, 0.15) is 19.3 Å². The number of nitro groups is 1. The number of nitrogens with one attached hydrogen (secondary N) is 1. The molecular formula is C10H14N4O5. The number of aromatic nitrogens is 2. The first-order valence-corrected chi connectivity index (χ1v) is 5.65. The van der Waals surface area contributed by atoms with E-state index in [0.717, 1.165) is 0 Å². The van der Waals surface area contributed by atoms with Crippen molar-refractivity contribution in [1.82, 2.24) is 15.1 Å². The van der Waals surface area contributed by atoms with Crippen molar-refractivity contribution >= 4 is 17.7 Å². The summed E-state index contributed by atoms with van der Waals surface area (Å²) in [4.78, 5) is 31.4. The number of carboxylic acid groups (broad SMARTS) is 1. The molecule has 0 spiro atoms. The van der Waals surface area contributed by atoms with Crippen LogP contribution in [0.3, 0.4) is 0 Å². The third-order valence-electron chi connectivity index (χ3n) is 2.26. The largest absolute Gasteiger partial charge is 0.481 e. The Hall–Kier alpha value is -2.45. The molecule has 0 fully saturated rings. The van der Waals surface area contributed by atoms with Gasteiger partial charge in [0.25, 0.3) is 0 Å². The molecule has 0 aliphatic heterocycles. The molecule has 0 saturated carbocycles. The van der Waals surface area contributed by atoms with Crippen molar-refractivity contribution in [3.05, 3.63) is 22.4 Å². The first-order chi connectivity index (χ1) is 8.99. The van der Waals surface area contributed by atoms with Crippen molar-refractivity contribution in [2.75, 3.05) is 6.54 Å². The van der Waals surface area contributed by atoms with Gasteiger partial charge in [-0.3, -0.25) is 9.59 Å². The number of hydrogen-bond acceptors (Lipinski definition) is 5. The summed E-state index contributed by atoms with van der Waals surface area (Å²) in [5.41, 5.74) is 0. The van der Waals surface area contributed by atoms with Gasteiger partial charge in [0, 0.05) is 13.0 Å². The normalized spacial score (nSPS) is 10.1. The summed E-state index contributed by atoms with van der Waals surface area (Å²) in [5, 5.41) is 25.0. The van der Waals surface area contributed by atoms with Gasteiger partial charge >= 0.3 is 11.8 Å². The zero-order valence-corrected chi connectivity index (χ0v) is 10.1. The predicted octanol–water partition coefficient (Wildman–Crippen LogP) is 0.162. The molecule has 0 aromatic carbocycles. The molecule has 9 heteroatoms. The highest BCUT2D eigenvalue weighted by atomic mass is 16.6. The summed E-state index contributed by atoms with van der Waals surface area (Å²) >= 11 is 0. The number of nitrogens with zero attached hydrogens (tertiary/aromatic N) is 3. The van der Waals surface area contributed by atoms with Gasteiger partial charge in [-0.1, -0.05) is 0 Å². The van der Waals surface area contributed by atoms with E-state index in [1.165, 1.54) is 16.9 Å². The summed E-state index contributed by atoms with van der Waals surface area (Å²) in [5.74, 6) is -1.50. The van der Waals surface area contributed by atoms with Gasteiger partial charge in [0.15, 0.2) is 0 Å². The molecule has 0 bridgehead atoms. The van der Waals surface area contributed by atoms with Crippen molar-refractivity contribution in [1.29, 1.82) is 0 Å². The van der Waals surface area contributed by atoms with Gasteiger partial charge in [0.05, 0.1) is 17.4 Å². The van der Waals surface area contributed by atoms with Crippen LogP contribution in [0.4, 0.5) is 5.82 Å². The summed E-state index contributed by atoms with van der Waals surface area (Å²) in [6.45, 7) is 0.266. The lowest BCUT2D eigenvalue weighted by Crippen LogP contribution is -2.28. The molecule has 0 unspecified atom stereocenters. The smallest absolute Gasteiger partial charge is 0.389 e. The first kappa shape index (κ1) is 14.6. The van der Waals surface area contributed by atoms with Crippen molar-refractivity contribution in [3.63, 3.8) is 0 Å². The number of carbonyl (C=O) groups excluding carboxylic acids is 1. The molecule has 19 heavy (non-hydrogen) atoms. The van der Waals surface area contributed by atoms with Gasteiger partial charge in [-0.25, -0.2) is 0 Å². The van der Waals surface area contributed by atoms with E-state index in [1.807, 2.05) is 0 Å². The third kappa shape index (κ3) is 5.61. The minimum absolute atomic E-state index is 0.0707. The Morgan fingerprint density at radius 1 is 1.47 bits per heavy atom. The van der Waals surface area contributed by atoms with Crippen LogP contribution >= 0.6 is 0 Å². The maximum absolute atomic E-state index is 11.4. The van der Waals surface area contributed by atoms with Crippen molar-refractivity contribution < 1.29 is 19.6 Å². The zero-order valence-electron chi connectivity index (χ0n) is 10.1. The number of aliphatic carboxylic acids is 1. The summed E-state index contributed by atoms with van der Waals surface area (Å²) in [7, 11) is 0. The number of unbranched alkanes of at least 4 members (excludes halogenated alkanes) is 1. The average Bonchev–Trinajstić information content (AvgIpc) is 2.76. The highest BCUT2D eigenvalue weighted by molar-refractivity contribution is 5.75. The van der Waals surface area contributed by atoms with Crippen LogP contribution in [0, 0.1) is 10.1 Å². The number of hydrogen-bond donors (Lipinski definition) is 2. The molecule has 104 valence electrons. The van der Waals surface area contributed by atoms with Crippen LogP contribution in [0.15, 0.2) is 12.3 Å². The summed E-state index contributed by atoms with van der Waals surface area (Å²) in [6, 6.07) is 1.21. The number of rotatable bonds is 8. The van der Waals surface area contributed by atoms with E-state index in [-0.39, 0.29) is 24.7 Å². The molecule has 2 N–H and O–H groups in total. The molecule has 0 aliphatic rings. The molecule has 1 amide bonds. The second kappa shape index (κ2) is 7.09. The fourth-order valence-electron chi connectivity index (χ4n) is 1.37. The Kier molecular flexibility index (Phi) is 5.45. The van der Waals surface area contributed by atoms with Crippen molar-refractivity contribution in [2.45, 2.75) is 25.8 Å². The second-order valence-electron chi connectivity index (χ2n) is 3.83. The SMILES string of the molecule is O=C(O)CCCCNC(=O)Cn1ccc([N+](=O)[O-])n1. The number of amides is 1. The Labute approximate surface area is 108 Å². The van der Waals surface area contributed by atoms with Gasteiger partial charge < -0.3 is 20.5 Å². The van der Waals surface area contributed by atoms with E-state index in [2.05, 4.69) is 10.4 Å². The Bertz CT molecular complexity index is 470. The lowest BCUT2D eigenvalue weighted by molar-refractivity contribution is -0.389. The Morgan fingerprint density at radius 3 is 2.79 bits per heavy atom. The molecule has 0 radical (unpaired) electrons. The topological polar surface area (TPSA) is 127 Å². The number of carboxylic acids is 1. The highest BCUT2D eigenvalue weighted by Crippen LogP contribution is 2.04. The molecule has 0 aliphatic carbocycles. The van der Waals surface area contributed by atoms with Gasteiger partial charge in [-0.15, -0.1) is 0 Å². The third-order valence-corrected chi connectivity index (χ3v) is 2.26. The first-order valence-electron chi connectivity index (χ1n) is 5.65. The fourth-order valence-corrected chi connectivity index (χ4v) is 1.37. The molecule has 1 rings (SSSR count). The maximum atomic E-state index is 11.4. The molecule has 1 heterocycles. The van der Waals surface area contributed by atoms with Crippen molar-refractivity contribution in [2.24, 2.45) is 0 Å². The standard InChI is InChI=1S/C10H14N4O5/c15-9(11-5-2-1-3-10(16)17)7-13-6-4-8(12-13)14(18)19/h4,6H,1-3,5,7H2,(H,11,15)(H,16,17). The lowest BCUT2D eigenvalue weighted by atomic mass is 10.2. The van der Waals surface area contributed by atoms with E-state index in [1.54, 1.807) is 0 Å². The van der Waals surface area contributed by atoms with Crippen LogP contribution < -0.4 is 5.32 Å². The summed E-state index contributed by atoms with van der Waals surface area (Å²) in [6.07, 6.45) is 2.48. The monoisotopic (exact) mass is 270 g/mol. The quantitative estimate of drug-likeness (QED) is 0.393. The predicted molar refractivity (Wildman–Crippen MR) is 63.4 cm³/mol. The Balaban J connectivity index is 2.23. The van der Waals surface area contributed by atoms with E-state index in [4.69, 9.17) is 5.11 Å². The molecule has 1 aromatic rings. The van der Waals surface area contributed by atoms with E-state index < -0.39 is 10.9 Å². The molecular weight excluding hydrogens is 256 g/mol. The van der Waals surface area contributed by atoms with Gasteiger partial charge in [-0.2, -0.15) is 4.68 Å². The van der Waals surface area contributed by atoms with Gasteiger partial charge in [0.2, 0.25) is 5.91 Å². The minimum Gasteiger partial charge on any atom is -0.481 e. The second-order valence-corrected chi connectivity index (χ2v) is 3.83. The minimum atomic E-state index is -0.866. The maximum Gasteiger partial charge on any atom is 0.389 e. The fraction of sp³-hybridized carbons (Fsp3) is 0.500. The highest BCUT2D eigenvalue weighted by Gasteiger charge is 2.12. The van der Waals surface area contributed by atoms with E-state index >= 15 is 0 Å². The van der Waals surface area contributed by atoms with Crippen molar-refractivity contribution in [3.8, 4) is 0 Å². The van der Waals surface area contributed by atoms with Crippen LogP contribution in [0.5, 0.6) is 0 Å². The molecule has 1 aromatic heterocycles. The average molecular weight is 270 g/mol. The van der Waals surface area contributed by atoms with E-state index in [0.29, 0.717) is 19.4 Å². The van der Waals surface area contributed by atoms with Crippen LogP contribution in [-0.2, 0) is 16.1 Å². The van der Waals surface area contributed by atoms with Crippen LogP contribution in [0.2, 0.25) is 0 Å². The van der Waals surface area contributed by atoms with Crippen LogP contribution in [-0.4, -0.2) is 38.2 Å². The van der Waals surface area contributed by atoms with Crippen LogP contribution in [0.25, 0.3) is 0 Å². The lowest BCUT2D eigenvalue weighted by Gasteiger charge is -2.02. The summed E-state index contributed by atoms with van der Waals surface area (Å²) < 4.78 is 1.17.